The van der Waals surface area contributed by atoms with E-state index in [1.54, 1.807) is 0 Å². The fraction of sp³-hybridized carbons (Fsp3) is 0.444. The molecule has 0 bridgehead atoms. The van der Waals surface area contributed by atoms with E-state index in [-0.39, 0.29) is 18.0 Å². The Morgan fingerprint density at radius 3 is 2.76 bits per heavy atom. The Morgan fingerprint density at radius 1 is 1.43 bits per heavy atom. The summed E-state index contributed by atoms with van der Waals surface area (Å²) in [6.45, 7) is 0. The molecule has 1 unspecified atom stereocenters. The Balaban J connectivity index is 2.19. The topological polar surface area (TPSA) is 136 Å². The molecular weight excluding hydrogens is 311 g/mol. The molecule has 1 atom stereocenters. The molecule has 2 heterocycles. The lowest BCUT2D eigenvalue weighted by Gasteiger charge is -2.16. The van der Waals surface area contributed by atoms with E-state index in [1.807, 2.05) is 0 Å². The molecule has 4 N–H and O–H groups in total. The molecule has 0 saturated heterocycles. The molecule has 12 heteroatoms. The van der Waals surface area contributed by atoms with Gasteiger partial charge in [-0.15, -0.1) is 0 Å². The van der Waals surface area contributed by atoms with E-state index in [9.17, 15) is 13.3 Å². The molecule has 0 aromatic carbocycles. The quantitative estimate of drug-likeness (QED) is 0.634. The van der Waals surface area contributed by atoms with Gasteiger partial charge in [0, 0.05) is 12.0 Å². The van der Waals surface area contributed by atoms with E-state index in [0.717, 1.165) is 6.33 Å². The summed E-state index contributed by atoms with van der Waals surface area (Å²) in [7, 11) is -4.53. The molecule has 0 aliphatic rings. The average Bonchev–Trinajstić information content (AvgIpc) is 2.77. The van der Waals surface area contributed by atoms with Crippen LogP contribution < -0.4 is 5.73 Å². The van der Waals surface area contributed by atoms with Gasteiger partial charge in [0.05, 0.1) is 6.20 Å². The molecule has 21 heavy (non-hydrogen) atoms. The van der Waals surface area contributed by atoms with E-state index < -0.39 is 26.5 Å². The van der Waals surface area contributed by atoms with Crippen molar-refractivity contribution in [1.29, 1.82) is 0 Å². The number of rotatable bonds is 6. The second kappa shape index (κ2) is 5.98. The van der Waals surface area contributed by atoms with Crippen molar-refractivity contribution >= 4 is 19.2 Å². The lowest BCUT2D eigenvalue weighted by atomic mass is 10.1. The first-order valence-corrected chi connectivity index (χ1v) is 7.45. The van der Waals surface area contributed by atoms with Crippen molar-refractivity contribution < 1.29 is 27.9 Å². The highest BCUT2D eigenvalue weighted by Gasteiger charge is 2.27. The van der Waals surface area contributed by atoms with Crippen LogP contribution in [-0.4, -0.2) is 48.2 Å². The molecule has 0 saturated carbocycles. The van der Waals surface area contributed by atoms with Crippen molar-refractivity contribution in [3.63, 3.8) is 0 Å². The van der Waals surface area contributed by atoms with Gasteiger partial charge in [-0.2, -0.15) is 9.61 Å². The zero-order chi connectivity index (χ0) is 15.6. The Hall–Kier alpha value is -1.68. The number of hydrogen-bond acceptors (Lipinski definition) is 6. The summed E-state index contributed by atoms with van der Waals surface area (Å²) in [4.78, 5) is 24.9. The molecule has 0 spiro atoms. The average molecular weight is 323 g/mol. The van der Waals surface area contributed by atoms with Gasteiger partial charge in [-0.3, -0.25) is 4.57 Å². The van der Waals surface area contributed by atoms with Crippen LogP contribution in [0.15, 0.2) is 12.5 Å². The van der Waals surface area contributed by atoms with Crippen LogP contribution in [0.4, 0.5) is 14.7 Å². The maximum absolute atomic E-state index is 12.9. The predicted octanol–water partition coefficient (Wildman–Crippen LogP) is 0.0345. The number of hydrogen-bond donors (Lipinski definition) is 3. The van der Waals surface area contributed by atoms with Crippen LogP contribution in [0.25, 0.3) is 5.65 Å². The number of anilines is 1. The summed E-state index contributed by atoms with van der Waals surface area (Å²) in [5.74, 6) is 0.0379. The summed E-state index contributed by atoms with van der Waals surface area (Å²) in [6, 6.07) is 0. The van der Waals surface area contributed by atoms with Gasteiger partial charge < -0.3 is 20.3 Å². The number of alkyl halides is 2. The number of halogens is 2. The van der Waals surface area contributed by atoms with E-state index >= 15 is 0 Å². The van der Waals surface area contributed by atoms with Gasteiger partial charge in [0.25, 0.3) is 6.43 Å². The highest BCUT2D eigenvalue weighted by atomic mass is 31.2. The monoisotopic (exact) mass is 323 g/mol. The van der Waals surface area contributed by atoms with Crippen LogP contribution in [-0.2, 0) is 15.7 Å². The Kier molecular flexibility index (Phi) is 4.47. The van der Waals surface area contributed by atoms with Gasteiger partial charge >= 0.3 is 7.60 Å². The predicted molar refractivity (Wildman–Crippen MR) is 66.7 cm³/mol. The lowest BCUT2D eigenvalue weighted by molar-refractivity contribution is -0.0425. The van der Waals surface area contributed by atoms with Crippen molar-refractivity contribution in [2.24, 2.45) is 0 Å². The number of aromatic nitrogens is 4. The van der Waals surface area contributed by atoms with Crippen LogP contribution in [0.1, 0.15) is 5.56 Å². The van der Waals surface area contributed by atoms with Gasteiger partial charge in [0.15, 0.2) is 5.65 Å². The molecule has 2 rings (SSSR count). The molecule has 0 aliphatic carbocycles. The summed E-state index contributed by atoms with van der Waals surface area (Å²) in [5.41, 5.74) is 6.08. The number of nitrogens with two attached hydrogens (primary N) is 1. The third kappa shape index (κ3) is 3.91. The summed E-state index contributed by atoms with van der Waals surface area (Å²) in [6.07, 6.45) is -3.59. The van der Waals surface area contributed by atoms with Crippen molar-refractivity contribution in [3.8, 4) is 0 Å². The minimum Gasteiger partial charge on any atom is -0.368 e. The van der Waals surface area contributed by atoms with Gasteiger partial charge in [0.2, 0.25) is 5.95 Å². The van der Waals surface area contributed by atoms with Crippen molar-refractivity contribution in [2.45, 2.75) is 19.0 Å². The zero-order valence-electron chi connectivity index (χ0n) is 10.5. The van der Waals surface area contributed by atoms with Crippen LogP contribution in [0.3, 0.4) is 0 Å². The van der Waals surface area contributed by atoms with Gasteiger partial charge in [-0.05, 0) is 0 Å². The Labute approximate surface area is 116 Å². The lowest BCUT2D eigenvalue weighted by Crippen LogP contribution is -2.25. The van der Waals surface area contributed by atoms with Crippen LogP contribution >= 0.6 is 7.60 Å². The van der Waals surface area contributed by atoms with E-state index in [4.69, 9.17) is 15.5 Å². The summed E-state index contributed by atoms with van der Waals surface area (Å²) < 4.78 is 42.2. The number of nitrogen functional groups attached to an aromatic ring is 1. The zero-order valence-corrected chi connectivity index (χ0v) is 11.4. The van der Waals surface area contributed by atoms with Crippen molar-refractivity contribution in [1.82, 2.24) is 19.6 Å². The second-order valence-electron chi connectivity index (χ2n) is 4.17. The molecule has 0 radical (unpaired) electrons. The third-order valence-corrected chi connectivity index (χ3v) is 3.05. The summed E-state index contributed by atoms with van der Waals surface area (Å²) in [5, 5.41) is 3.85. The Morgan fingerprint density at radius 2 is 2.14 bits per heavy atom. The third-order valence-electron chi connectivity index (χ3n) is 2.56. The molecule has 116 valence electrons. The molecule has 2 aromatic heterocycles. The van der Waals surface area contributed by atoms with E-state index in [2.05, 4.69) is 19.8 Å². The molecule has 0 fully saturated rings. The van der Waals surface area contributed by atoms with Crippen LogP contribution in [0, 0.1) is 0 Å². The molecule has 9 nitrogen and oxygen atoms in total. The summed E-state index contributed by atoms with van der Waals surface area (Å²) >= 11 is 0. The van der Waals surface area contributed by atoms with E-state index in [0.29, 0.717) is 5.56 Å². The Bertz CT molecular complexity index is 675. The first-order chi connectivity index (χ1) is 9.78. The maximum Gasteiger partial charge on any atom is 0.350 e. The molecule has 0 aliphatic heterocycles. The smallest absolute Gasteiger partial charge is 0.350 e. The molecule has 0 amide bonds. The standard InChI is InChI=1S/C9H12F2N5O4P/c10-7(11)6(20-4-21(17,18)19)1-5-2-15-16-8(5)13-3-14-9(16)12/h2-3,6-7H,1,4H2,(H2,12,13,14)(H2,17,18,19). The minimum absolute atomic E-state index is 0.0379. The maximum atomic E-state index is 12.9. The van der Waals surface area contributed by atoms with Gasteiger partial charge in [-0.25, -0.2) is 18.7 Å². The normalized spacial score (nSPS) is 14.0. The first-order valence-electron chi connectivity index (χ1n) is 5.65. The van der Waals surface area contributed by atoms with Gasteiger partial charge in [0.1, 0.15) is 18.8 Å². The highest BCUT2D eigenvalue weighted by molar-refractivity contribution is 7.51. The van der Waals surface area contributed by atoms with E-state index in [1.165, 1.54) is 10.7 Å². The number of fused-ring (bicyclic) bond motifs is 1. The fourth-order valence-corrected chi connectivity index (χ4v) is 2.04. The molecule has 2 aromatic rings. The van der Waals surface area contributed by atoms with Crippen molar-refractivity contribution in [3.05, 3.63) is 18.1 Å². The largest absolute Gasteiger partial charge is 0.368 e. The SMILES string of the molecule is Nc1ncnc2c(CC(OCP(=O)(O)O)C(F)F)cnn12. The molecular formula is C9H12F2N5O4P. The van der Waals surface area contributed by atoms with Crippen LogP contribution in [0.5, 0.6) is 0 Å². The number of nitrogens with zero attached hydrogens (tertiary/aromatic N) is 4. The highest BCUT2D eigenvalue weighted by Crippen LogP contribution is 2.35. The number of ether oxygens (including phenoxy) is 1. The first kappa shape index (κ1) is 15.7. The fourth-order valence-electron chi connectivity index (χ4n) is 1.65. The second-order valence-corrected chi connectivity index (χ2v) is 5.76. The van der Waals surface area contributed by atoms with Crippen LogP contribution in [0.2, 0.25) is 0 Å². The van der Waals surface area contributed by atoms with Gasteiger partial charge in [-0.1, -0.05) is 0 Å². The van der Waals surface area contributed by atoms with Crippen molar-refractivity contribution in [2.75, 3.05) is 12.1 Å². The minimum atomic E-state index is -4.53.